The molecule has 0 aliphatic carbocycles. The average molecular weight is 1070 g/mol. The van der Waals surface area contributed by atoms with E-state index >= 15 is 0 Å². The molecule has 416 valence electrons. The first-order valence-corrected chi connectivity index (χ1v) is 25.3. The van der Waals surface area contributed by atoms with Gasteiger partial charge in [0.2, 0.25) is 47.3 Å². The van der Waals surface area contributed by atoms with Gasteiger partial charge in [-0.3, -0.25) is 53.4 Å². The number of nitrogens with one attached hydrogen (secondary N) is 12. The number of hydrogen-bond donors (Lipinski definition) is 15. The molecule has 3 heterocycles. The maximum absolute atomic E-state index is 14.4. The van der Waals surface area contributed by atoms with Gasteiger partial charge in [0.1, 0.15) is 48.3 Å². The molecule has 16 N–H and O–H groups in total. The van der Waals surface area contributed by atoms with Crippen LogP contribution < -0.4 is 59.1 Å². The number of carbonyl (C=O) groups is 10. The highest BCUT2D eigenvalue weighted by Gasteiger charge is 2.36. The van der Waals surface area contributed by atoms with Crippen LogP contribution in [-0.2, 0) is 67.2 Å². The molecule has 1 aliphatic rings. The SMILES string of the molecule is CC(C)C[C@@H]1NC(=O)[C@H]([C@@H](C)O)NC(=O)[C@H](Cc2ccccc2)NC(=O)CNC(=O)[C@H](Cc2c[nH]c3ccccc23)NC(=O)[C@H](Cc2cnc[nH]2)NC(=O)[C@H](C)NC(=O)[C@H](CCCCN)NNC(=O)[C@H](CC(=O)O)NC1=O. The van der Waals surface area contributed by atoms with Crippen molar-refractivity contribution in [2.45, 2.75) is 134 Å². The summed E-state index contributed by atoms with van der Waals surface area (Å²) in [6.45, 7) is 5.51. The number of nitrogens with two attached hydrogens (primary N) is 1. The zero-order valence-electron chi connectivity index (χ0n) is 43.3. The lowest BCUT2D eigenvalue weighted by Crippen LogP contribution is -2.62. The van der Waals surface area contributed by atoms with Crippen molar-refractivity contribution in [3.05, 3.63) is 90.1 Å². The van der Waals surface area contributed by atoms with E-state index in [9.17, 15) is 58.2 Å². The zero-order valence-corrected chi connectivity index (χ0v) is 43.3. The molecular weight excluding hydrogens is 1000 g/mol. The third kappa shape index (κ3) is 18.5. The van der Waals surface area contributed by atoms with E-state index in [1.54, 1.807) is 56.4 Å². The predicted octanol–water partition coefficient (Wildman–Crippen LogP) is -2.52. The Labute approximate surface area is 443 Å². The number of imidazole rings is 1. The Kier molecular flexibility index (Phi) is 22.6. The van der Waals surface area contributed by atoms with E-state index in [1.165, 1.54) is 26.4 Å². The molecule has 9 atom stereocenters. The number of aliphatic carboxylic acids is 1. The van der Waals surface area contributed by atoms with Crippen molar-refractivity contribution in [3.63, 3.8) is 0 Å². The van der Waals surface area contributed by atoms with Crippen LogP contribution in [0.4, 0.5) is 0 Å². The Hall–Kier alpha value is -8.23. The largest absolute Gasteiger partial charge is 0.481 e. The van der Waals surface area contributed by atoms with Gasteiger partial charge in [0.25, 0.3) is 5.91 Å². The molecule has 5 rings (SSSR count). The van der Waals surface area contributed by atoms with E-state index < -0.39 is 127 Å². The monoisotopic (exact) mass is 1070 g/mol. The highest BCUT2D eigenvalue weighted by atomic mass is 16.4. The number of carboxylic acid groups (broad SMARTS) is 1. The van der Waals surface area contributed by atoms with Crippen LogP contribution in [0.1, 0.15) is 76.6 Å². The van der Waals surface area contributed by atoms with Gasteiger partial charge in [0, 0.05) is 48.3 Å². The van der Waals surface area contributed by atoms with E-state index in [0.717, 1.165) is 10.9 Å². The number of rotatable bonds is 15. The van der Waals surface area contributed by atoms with E-state index in [0.29, 0.717) is 29.7 Å². The van der Waals surface area contributed by atoms with Crippen LogP contribution in [0.15, 0.2) is 73.3 Å². The number of amides is 9. The maximum Gasteiger partial charge on any atom is 0.305 e. The Morgan fingerprint density at radius 2 is 1.29 bits per heavy atom. The van der Waals surface area contributed by atoms with Crippen molar-refractivity contribution >= 4 is 70.0 Å². The third-order valence-corrected chi connectivity index (χ3v) is 12.5. The number of H-pyrrole nitrogens is 2. The standard InChI is InChI=1S/C51H70N14O12/c1-27(2)18-36-47(73)61-40(22-42(68)69)50(76)65-64-35(16-10-11-17-52)46(72)57-28(3)44(70)59-39(21-32-24-53-26-56-32)48(74)60-38(20-31-23-54-34-15-9-8-14-33(31)34)45(71)55-25-41(67)58-37(19-30-12-6-5-7-13-30)49(75)63-43(29(4)66)51(77)62-36/h5-9,12-15,23-24,26-29,35-40,43,54,64,66H,10-11,16-22,25,52H2,1-4H3,(H,53,56)(H,55,71)(H,57,72)(H,58,67)(H,59,70)(H,60,74)(H,61,73)(H,62,77)(H,63,75)(H,65,76)(H,68,69)/t28-,29+,35-,36-,37-,38-,39-,40-,43-/m0/s1. The molecule has 26 nitrogen and oxygen atoms in total. The second kappa shape index (κ2) is 29.2. The van der Waals surface area contributed by atoms with Crippen LogP contribution in [0, 0.1) is 5.92 Å². The number of aromatic nitrogens is 3. The Balaban J connectivity index is 1.53. The van der Waals surface area contributed by atoms with Gasteiger partial charge in [-0.1, -0.05) is 68.8 Å². The number of aliphatic hydroxyl groups is 1. The number of unbranched alkanes of at least 4 members (excludes halogenated alkanes) is 1. The molecule has 2 aromatic heterocycles. The predicted molar refractivity (Wildman–Crippen MR) is 278 cm³/mol. The summed E-state index contributed by atoms with van der Waals surface area (Å²) in [6, 6.07) is 3.90. The lowest BCUT2D eigenvalue weighted by atomic mass is 10.0. The van der Waals surface area contributed by atoms with Gasteiger partial charge in [-0.15, -0.1) is 0 Å². The fourth-order valence-corrected chi connectivity index (χ4v) is 8.39. The number of aliphatic hydroxyl groups excluding tert-OH is 1. The number of aromatic amines is 2. The van der Waals surface area contributed by atoms with Crippen molar-refractivity contribution in [3.8, 4) is 0 Å². The summed E-state index contributed by atoms with van der Waals surface area (Å²) in [7, 11) is 0. The molecule has 0 radical (unpaired) electrons. The van der Waals surface area contributed by atoms with E-state index in [-0.39, 0.29) is 44.6 Å². The molecule has 4 aromatic rings. The summed E-state index contributed by atoms with van der Waals surface area (Å²) in [4.78, 5) is 148. The molecule has 0 bridgehead atoms. The number of nitrogens with zero attached hydrogens (tertiary/aromatic N) is 1. The molecular formula is C51H70N14O12. The number of benzene rings is 2. The quantitative estimate of drug-likeness (QED) is 0.0547. The summed E-state index contributed by atoms with van der Waals surface area (Å²) in [6.07, 6.45) is 2.22. The molecule has 1 aliphatic heterocycles. The molecule has 2 aromatic carbocycles. The maximum atomic E-state index is 14.4. The fraction of sp³-hybridized carbons (Fsp3) is 0.471. The summed E-state index contributed by atoms with van der Waals surface area (Å²) >= 11 is 0. The summed E-state index contributed by atoms with van der Waals surface area (Å²) in [5.41, 5.74) is 12.9. The topological polar surface area (TPSA) is 402 Å². The molecule has 77 heavy (non-hydrogen) atoms. The van der Waals surface area contributed by atoms with Crippen LogP contribution in [0.3, 0.4) is 0 Å². The van der Waals surface area contributed by atoms with E-state index in [4.69, 9.17) is 5.73 Å². The molecule has 0 spiro atoms. The lowest BCUT2D eigenvalue weighted by molar-refractivity contribution is -0.141. The molecule has 9 amide bonds. The fourth-order valence-electron chi connectivity index (χ4n) is 8.39. The molecule has 1 fully saturated rings. The minimum absolute atomic E-state index is 0.0382. The Morgan fingerprint density at radius 3 is 1.96 bits per heavy atom. The Morgan fingerprint density at radius 1 is 0.662 bits per heavy atom. The van der Waals surface area contributed by atoms with Gasteiger partial charge >= 0.3 is 5.97 Å². The van der Waals surface area contributed by atoms with Gasteiger partial charge in [-0.25, -0.2) is 10.4 Å². The highest BCUT2D eigenvalue weighted by Crippen LogP contribution is 2.20. The molecule has 26 heteroatoms. The second-order valence-corrected chi connectivity index (χ2v) is 19.3. The van der Waals surface area contributed by atoms with Crippen LogP contribution in [0.25, 0.3) is 10.9 Å². The summed E-state index contributed by atoms with van der Waals surface area (Å²) in [5, 5.41) is 41.8. The Bertz CT molecular complexity index is 2680. The van der Waals surface area contributed by atoms with Crippen molar-refractivity contribution in [2.24, 2.45) is 11.7 Å². The number of para-hydroxylation sites is 1. The van der Waals surface area contributed by atoms with Gasteiger partial charge in [0.05, 0.1) is 25.4 Å². The van der Waals surface area contributed by atoms with Gasteiger partial charge < -0.3 is 68.4 Å². The van der Waals surface area contributed by atoms with Gasteiger partial charge in [-0.05, 0) is 62.8 Å². The minimum atomic E-state index is -1.79. The van der Waals surface area contributed by atoms with Crippen LogP contribution in [0.2, 0.25) is 0 Å². The van der Waals surface area contributed by atoms with Crippen LogP contribution in [0.5, 0.6) is 0 Å². The second-order valence-electron chi connectivity index (χ2n) is 19.3. The average Bonchev–Trinajstić information content (AvgIpc) is 4.07. The minimum Gasteiger partial charge on any atom is -0.481 e. The number of carbonyl (C=O) groups excluding carboxylic acids is 9. The molecule has 0 unspecified atom stereocenters. The van der Waals surface area contributed by atoms with Crippen molar-refractivity contribution in [2.75, 3.05) is 13.1 Å². The lowest BCUT2D eigenvalue weighted by Gasteiger charge is -2.28. The first-order valence-electron chi connectivity index (χ1n) is 25.3. The van der Waals surface area contributed by atoms with Crippen LogP contribution >= 0.6 is 0 Å². The van der Waals surface area contributed by atoms with Crippen molar-refractivity contribution in [1.82, 2.24) is 68.3 Å². The number of fused-ring (bicyclic) bond motifs is 1. The van der Waals surface area contributed by atoms with Crippen molar-refractivity contribution < 1.29 is 58.2 Å². The van der Waals surface area contributed by atoms with Crippen molar-refractivity contribution in [1.29, 1.82) is 0 Å². The van der Waals surface area contributed by atoms with E-state index in [1.807, 2.05) is 18.2 Å². The smallest absolute Gasteiger partial charge is 0.305 e. The number of carboxylic acids is 1. The first kappa shape index (κ1) is 59.6. The summed E-state index contributed by atoms with van der Waals surface area (Å²) in [5.74, 6) is -10.1. The zero-order chi connectivity index (χ0) is 56.2. The number of hydrazine groups is 1. The van der Waals surface area contributed by atoms with Crippen LogP contribution in [-0.4, -0.2) is 152 Å². The summed E-state index contributed by atoms with van der Waals surface area (Å²) < 4.78 is 0. The highest BCUT2D eigenvalue weighted by molar-refractivity contribution is 5.99. The molecule has 1 saturated heterocycles. The third-order valence-electron chi connectivity index (χ3n) is 12.5. The molecule has 0 saturated carbocycles. The first-order chi connectivity index (χ1) is 36.7. The normalized spacial score (nSPS) is 23.9. The van der Waals surface area contributed by atoms with Gasteiger partial charge in [-0.2, -0.15) is 0 Å². The van der Waals surface area contributed by atoms with Gasteiger partial charge in [0.15, 0.2) is 0 Å². The number of hydrogen-bond acceptors (Lipinski definition) is 14. The van der Waals surface area contributed by atoms with E-state index in [2.05, 4.69) is 68.3 Å².